The average molecular weight is 414 g/mol. The van der Waals surface area contributed by atoms with Gasteiger partial charge >= 0.3 is 0 Å². The summed E-state index contributed by atoms with van der Waals surface area (Å²) in [6.07, 6.45) is 6.66. The molecule has 2 aromatic carbocycles. The van der Waals surface area contributed by atoms with Crippen LogP contribution in [0.15, 0.2) is 61.1 Å². The normalized spacial score (nSPS) is 13.9. The lowest BCUT2D eigenvalue weighted by atomic mass is 10.0. The van der Waals surface area contributed by atoms with Crippen LogP contribution in [0, 0.1) is 6.92 Å². The number of aromatic nitrogens is 3. The van der Waals surface area contributed by atoms with Crippen LogP contribution in [0.1, 0.15) is 16.8 Å². The summed E-state index contributed by atoms with van der Waals surface area (Å²) in [5, 5.41) is 5.89. The molecule has 0 saturated carbocycles. The minimum Gasteiger partial charge on any atom is -0.340 e. The number of benzene rings is 2. The van der Waals surface area contributed by atoms with Crippen LogP contribution in [0.25, 0.3) is 22.0 Å². The monoisotopic (exact) mass is 413 g/mol. The van der Waals surface area contributed by atoms with Gasteiger partial charge in [-0.05, 0) is 48.7 Å². The molecule has 0 aliphatic carbocycles. The van der Waals surface area contributed by atoms with E-state index in [2.05, 4.69) is 75.2 Å². The molecule has 5 rings (SSSR count). The van der Waals surface area contributed by atoms with Crippen LogP contribution in [-0.2, 0) is 13.0 Å². The molecule has 3 heterocycles. The molecule has 0 amide bonds. The average Bonchev–Trinajstić information content (AvgIpc) is 2.80. The maximum Gasteiger partial charge on any atom is 0.137 e. The number of anilines is 2. The van der Waals surface area contributed by atoms with Gasteiger partial charge in [0.15, 0.2) is 0 Å². The molecule has 1 aliphatic heterocycles. The molecule has 5 nitrogen and oxygen atoms in total. The van der Waals surface area contributed by atoms with E-state index in [-0.39, 0.29) is 0 Å². The zero-order valence-electron chi connectivity index (χ0n) is 17.1. The zero-order valence-corrected chi connectivity index (χ0v) is 17.9. The van der Waals surface area contributed by atoms with Crippen molar-refractivity contribution in [3.63, 3.8) is 0 Å². The Hall–Kier alpha value is -2.96. The van der Waals surface area contributed by atoms with Crippen molar-refractivity contribution in [3.05, 3.63) is 77.9 Å². The Morgan fingerprint density at radius 3 is 2.73 bits per heavy atom. The molecule has 30 heavy (non-hydrogen) atoms. The van der Waals surface area contributed by atoms with Crippen LogP contribution in [0.5, 0.6) is 0 Å². The Bertz CT molecular complexity index is 1220. The third-order valence-electron chi connectivity index (χ3n) is 5.64. The minimum atomic E-state index is 0.855. The molecule has 0 atom stereocenters. The first-order valence-corrected chi connectivity index (χ1v) is 11.2. The molecule has 0 spiro atoms. The molecule has 1 N–H and O–H groups in total. The summed E-state index contributed by atoms with van der Waals surface area (Å²) in [5.41, 5.74) is 6.64. The fourth-order valence-electron chi connectivity index (χ4n) is 3.94. The molecule has 4 aromatic rings. The van der Waals surface area contributed by atoms with Gasteiger partial charge in [0.2, 0.25) is 0 Å². The Kier molecular flexibility index (Phi) is 5.11. The first-order valence-electron chi connectivity index (χ1n) is 10.1. The number of aryl methyl sites for hydroxylation is 1. The van der Waals surface area contributed by atoms with Crippen LogP contribution in [0.3, 0.4) is 0 Å². The molecule has 0 unspecified atom stereocenters. The number of hydrogen-bond donors (Lipinski definition) is 1. The first kappa shape index (κ1) is 19.0. The molecular formula is C24H23N5S. The quantitative estimate of drug-likeness (QED) is 0.453. The second kappa shape index (κ2) is 8.05. The van der Waals surface area contributed by atoms with Crippen molar-refractivity contribution in [3.8, 4) is 11.3 Å². The topological polar surface area (TPSA) is 53.9 Å². The van der Waals surface area contributed by atoms with Crippen molar-refractivity contribution < 1.29 is 0 Å². The number of pyridine rings is 1. The summed E-state index contributed by atoms with van der Waals surface area (Å²) >= 11 is 1.77. The molecule has 0 radical (unpaired) electrons. The molecule has 6 heteroatoms. The van der Waals surface area contributed by atoms with Crippen molar-refractivity contribution in [2.45, 2.75) is 19.9 Å². The van der Waals surface area contributed by atoms with Gasteiger partial charge in [0, 0.05) is 34.9 Å². The standard InChI is InChI=1S/C24H23N5S/c1-16-7-8-19(12-21(16)22-11-17-5-3-4-6-18(17)13-25-22)28-24-20-9-10-29(30-2)14-23(20)26-15-27-24/h3-8,11-13,15H,9-10,14H2,1-2H3,(H,26,27,28). The van der Waals surface area contributed by atoms with Crippen LogP contribution in [0.2, 0.25) is 0 Å². The van der Waals surface area contributed by atoms with Crippen molar-refractivity contribution in [2.75, 3.05) is 18.1 Å². The van der Waals surface area contributed by atoms with Crippen LogP contribution in [-0.4, -0.2) is 32.1 Å². The summed E-state index contributed by atoms with van der Waals surface area (Å²) < 4.78 is 2.33. The van der Waals surface area contributed by atoms with Crippen molar-refractivity contribution in [1.82, 2.24) is 19.3 Å². The van der Waals surface area contributed by atoms with E-state index in [0.29, 0.717) is 0 Å². The Labute approximate surface area is 180 Å². The molecule has 1 aliphatic rings. The number of fused-ring (bicyclic) bond motifs is 2. The molecular weight excluding hydrogens is 390 g/mol. The largest absolute Gasteiger partial charge is 0.340 e. The Balaban J connectivity index is 1.48. The van der Waals surface area contributed by atoms with Crippen LogP contribution < -0.4 is 5.32 Å². The molecule has 150 valence electrons. The molecule has 0 fully saturated rings. The highest BCUT2D eigenvalue weighted by atomic mass is 32.2. The second-order valence-electron chi connectivity index (χ2n) is 7.52. The SMILES string of the molecule is CSN1CCc2c(ncnc2Nc2ccc(C)c(-c3cc4ccccc4cn3)c2)C1. The molecule has 0 saturated heterocycles. The van der Waals surface area contributed by atoms with E-state index in [1.165, 1.54) is 16.5 Å². The lowest BCUT2D eigenvalue weighted by Gasteiger charge is -2.26. The fourth-order valence-corrected chi connectivity index (χ4v) is 4.46. The Morgan fingerprint density at radius 2 is 1.87 bits per heavy atom. The Morgan fingerprint density at radius 1 is 1.00 bits per heavy atom. The van der Waals surface area contributed by atoms with Crippen LogP contribution in [0.4, 0.5) is 11.5 Å². The van der Waals surface area contributed by atoms with E-state index in [4.69, 9.17) is 4.98 Å². The van der Waals surface area contributed by atoms with Gasteiger partial charge in [-0.15, -0.1) is 0 Å². The number of rotatable bonds is 4. The number of nitrogens with zero attached hydrogens (tertiary/aromatic N) is 4. The van der Waals surface area contributed by atoms with Gasteiger partial charge in [-0.2, -0.15) is 0 Å². The van der Waals surface area contributed by atoms with Gasteiger partial charge in [0.05, 0.1) is 17.9 Å². The third-order valence-corrected chi connectivity index (χ3v) is 6.47. The number of hydrogen-bond acceptors (Lipinski definition) is 6. The maximum absolute atomic E-state index is 4.71. The van der Waals surface area contributed by atoms with E-state index in [0.717, 1.165) is 53.4 Å². The minimum absolute atomic E-state index is 0.855. The van der Waals surface area contributed by atoms with Crippen LogP contribution >= 0.6 is 11.9 Å². The highest BCUT2D eigenvalue weighted by molar-refractivity contribution is 7.96. The fraction of sp³-hybridized carbons (Fsp3) is 0.208. The van der Waals surface area contributed by atoms with Crippen molar-refractivity contribution >= 4 is 34.2 Å². The van der Waals surface area contributed by atoms with Gasteiger partial charge in [0.1, 0.15) is 12.1 Å². The highest BCUT2D eigenvalue weighted by Gasteiger charge is 2.20. The van der Waals surface area contributed by atoms with E-state index in [1.807, 2.05) is 12.3 Å². The lowest BCUT2D eigenvalue weighted by molar-refractivity contribution is 0.436. The predicted octanol–water partition coefficient (Wildman–Crippen LogP) is 5.38. The van der Waals surface area contributed by atoms with Gasteiger partial charge in [0.25, 0.3) is 0 Å². The summed E-state index contributed by atoms with van der Waals surface area (Å²) in [7, 11) is 0. The van der Waals surface area contributed by atoms with Crippen molar-refractivity contribution in [2.24, 2.45) is 0 Å². The summed E-state index contributed by atoms with van der Waals surface area (Å²) in [4.78, 5) is 13.8. The lowest BCUT2D eigenvalue weighted by Crippen LogP contribution is -2.26. The molecule has 0 bridgehead atoms. The summed E-state index contributed by atoms with van der Waals surface area (Å²) in [6.45, 7) is 3.99. The molecule has 2 aromatic heterocycles. The zero-order chi connectivity index (χ0) is 20.5. The summed E-state index contributed by atoms with van der Waals surface area (Å²) in [6, 6.07) is 16.9. The second-order valence-corrected chi connectivity index (χ2v) is 8.40. The predicted molar refractivity (Wildman–Crippen MR) is 125 cm³/mol. The first-order chi connectivity index (χ1) is 14.7. The van der Waals surface area contributed by atoms with E-state index in [9.17, 15) is 0 Å². The third kappa shape index (κ3) is 3.64. The smallest absolute Gasteiger partial charge is 0.137 e. The van der Waals surface area contributed by atoms with Gasteiger partial charge < -0.3 is 5.32 Å². The number of nitrogens with one attached hydrogen (secondary N) is 1. The van der Waals surface area contributed by atoms with E-state index >= 15 is 0 Å². The summed E-state index contributed by atoms with van der Waals surface area (Å²) in [5.74, 6) is 0.905. The van der Waals surface area contributed by atoms with Gasteiger partial charge in [-0.3, -0.25) is 4.98 Å². The van der Waals surface area contributed by atoms with E-state index in [1.54, 1.807) is 18.3 Å². The maximum atomic E-state index is 4.71. The van der Waals surface area contributed by atoms with Crippen molar-refractivity contribution in [1.29, 1.82) is 0 Å². The van der Waals surface area contributed by atoms with Gasteiger partial charge in [-0.1, -0.05) is 42.3 Å². The highest BCUT2D eigenvalue weighted by Crippen LogP contribution is 2.31. The van der Waals surface area contributed by atoms with E-state index < -0.39 is 0 Å². The van der Waals surface area contributed by atoms with Gasteiger partial charge in [-0.25, -0.2) is 14.3 Å².